The fraction of sp³-hybridized carbons (Fsp3) is 0.517. The Balaban J connectivity index is 1.55. The number of hydrogen-bond donors (Lipinski definition) is 2. The first-order chi connectivity index (χ1) is 19.3. The number of ether oxygens (including phenoxy) is 3. The van der Waals surface area contributed by atoms with E-state index in [9.17, 15) is 8.78 Å². The first-order valence-electron chi connectivity index (χ1n) is 13.5. The SMILES string of the molecule is CCN(C)CCNCCN(C)c1ccc(Nc2ncc(CCC3C(F)=C(OC)C=C(OC)C3F)cn2)cc1OC. The molecule has 2 atom stereocenters. The topological polar surface area (TPSA) is 84.0 Å². The van der Waals surface area contributed by atoms with Crippen LogP contribution in [-0.4, -0.2) is 89.2 Å². The Kier molecular flexibility index (Phi) is 12.0. The number of benzene rings is 1. The first-order valence-corrected chi connectivity index (χ1v) is 13.5. The van der Waals surface area contributed by atoms with Gasteiger partial charge in [0.1, 0.15) is 17.3 Å². The quantitative estimate of drug-likeness (QED) is 0.289. The number of likely N-dealkylation sites (N-methyl/N-ethyl adjacent to an activating group) is 2. The monoisotopic (exact) mass is 560 g/mol. The molecule has 40 heavy (non-hydrogen) atoms. The summed E-state index contributed by atoms with van der Waals surface area (Å²) < 4.78 is 45.2. The second kappa shape index (κ2) is 15.4. The number of halogens is 2. The van der Waals surface area contributed by atoms with Gasteiger partial charge in [0.2, 0.25) is 5.95 Å². The highest BCUT2D eigenvalue weighted by Crippen LogP contribution is 2.36. The zero-order chi connectivity index (χ0) is 29.1. The minimum absolute atomic E-state index is 0.00806. The maximum atomic E-state index is 14.8. The van der Waals surface area contributed by atoms with Crippen molar-refractivity contribution in [3.05, 3.63) is 59.6 Å². The van der Waals surface area contributed by atoms with Crippen molar-refractivity contribution < 1.29 is 23.0 Å². The summed E-state index contributed by atoms with van der Waals surface area (Å²) in [5, 5.41) is 6.66. The largest absolute Gasteiger partial charge is 0.498 e. The molecule has 1 aliphatic rings. The lowest BCUT2D eigenvalue weighted by atomic mass is 9.89. The molecule has 3 rings (SSSR count). The molecule has 0 bridgehead atoms. The third-order valence-electron chi connectivity index (χ3n) is 7.05. The van der Waals surface area contributed by atoms with Crippen LogP contribution in [-0.2, 0) is 15.9 Å². The van der Waals surface area contributed by atoms with Crippen LogP contribution in [0.2, 0.25) is 0 Å². The summed E-state index contributed by atoms with van der Waals surface area (Å²) in [6.07, 6.45) is 3.60. The Morgan fingerprint density at radius 3 is 2.38 bits per heavy atom. The molecular weight excluding hydrogens is 518 g/mol. The van der Waals surface area contributed by atoms with Crippen LogP contribution < -0.4 is 20.3 Å². The standard InChI is InChI=1S/C29H42F2N6O3/c1-7-36(2)14-12-32-13-15-37(3)23-11-9-21(16-24(23)38-4)35-29-33-18-20(19-34-29)8-10-22-27(30)25(39-5)17-26(40-6)28(22)31/h9,11,16-19,22,27,32H,7-8,10,12-15H2,1-6H3,(H,33,34,35). The van der Waals surface area contributed by atoms with E-state index in [-0.39, 0.29) is 17.9 Å². The molecule has 9 nitrogen and oxygen atoms in total. The van der Waals surface area contributed by atoms with Crippen molar-refractivity contribution in [2.24, 2.45) is 5.92 Å². The van der Waals surface area contributed by atoms with Gasteiger partial charge in [0, 0.05) is 63.5 Å². The van der Waals surface area contributed by atoms with Crippen LogP contribution in [0.1, 0.15) is 18.9 Å². The Labute approximate surface area is 236 Å². The Morgan fingerprint density at radius 1 is 1.00 bits per heavy atom. The van der Waals surface area contributed by atoms with E-state index in [2.05, 4.69) is 44.4 Å². The van der Waals surface area contributed by atoms with Crippen LogP contribution in [0.5, 0.6) is 5.75 Å². The zero-order valence-electron chi connectivity index (χ0n) is 24.3. The first kappa shape index (κ1) is 31.1. The number of alkyl halides is 1. The minimum atomic E-state index is -1.58. The molecule has 1 aromatic carbocycles. The van der Waals surface area contributed by atoms with E-state index in [1.807, 2.05) is 25.2 Å². The van der Waals surface area contributed by atoms with Crippen LogP contribution in [0.3, 0.4) is 0 Å². The molecule has 0 spiro atoms. The van der Waals surface area contributed by atoms with Gasteiger partial charge in [-0.2, -0.15) is 0 Å². The minimum Gasteiger partial charge on any atom is -0.498 e. The summed E-state index contributed by atoms with van der Waals surface area (Å²) in [7, 11) is 8.51. The van der Waals surface area contributed by atoms with E-state index in [0.717, 1.165) is 55.4 Å². The van der Waals surface area contributed by atoms with Gasteiger partial charge in [-0.3, -0.25) is 0 Å². The highest BCUT2D eigenvalue weighted by atomic mass is 19.1. The van der Waals surface area contributed by atoms with E-state index in [0.29, 0.717) is 12.4 Å². The number of aryl methyl sites for hydroxylation is 1. The van der Waals surface area contributed by atoms with Crippen LogP contribution in [0.25, 0.3) is 0 Å². The van der Waals surface area contributed by atoms with Crippen molar-refractivity contribution in [1.29, 1.82) is 0 Å². The summed E-state index contributed by atoms with van der Waals surface area (Å²) in [4.78, 5) is 13.2. The molecule has 0 aliphatic heterocycles. The van der Waals surface area contributed by atoms with Crippen molar-refractivity contribution in [1.82, 2.24) is 20.2 Å². The van der Waals surface area contributed by atoms with Gasteiger partial charge in [0.25, 0.3) is 0 Å². The average Bonchev–Trinajstić information content (AvgIpc) is 2.97. The maximum absolute atomic E-state index is 14.8. The number of allylic oxidation sites excluding steroid dienone is 3. The normalized spacial score (nSPS) is 17.1. The molecule has 0 radical (unpaired) electrons. The Morgan fingerprint density at radius 2 is 1.73 bits per heavy atom. The maximum Gasteiger partial charge on any atom is 0.227 e. The average molecular weight is 561 g/mol. The molecule has 1 aliphatic carbocycles. The van der Waals surface area contributed by atoms with Gasteiger partial charge in [-0.25, -0.2) is 18.7 Å². The van der Waals surface area contributed by atoms with Gasteiger partial charge in [-0.05, 0) is 44.1 Å². The van der Waals surface area contributed by atoms with E-state index in [1.54, 1.807) is 19.5 Å². The highest BCUT2D eigenvalue weighted by Gasteiger charge is 2.35. The summed E-state index contributed by atoms with van der Waals surface area (Å²) in [6.45, 7) is 6.86. The predicted octanol–water partition coefficient (Wildman–Crippen LogP) is 4.46. The number of aromatic nitrogens is 2. The lowest BCUT2D eigenvalue weighted by molar-refractivity contribution is 0.137. The number of methoxy groups -OCH3 is 3. The fourth-order valence-corrected chi connectivity index (χ4v) is 4.38. The van der Waals surface area contributed by atoms with E-state index in [4.69, 9.17) is 14.2 Å². The third kappa shape index (κ3) is 8.28. The van der Waals surface area contributed by atoms with Crippen molar-refractivity contribution in [3.63, 3.8) is 0 Å². The van der Waals surface area contributed by atoms with Crippen LogP contribution >= 0.6 is 0 Å². The molecule has 2 unspecified atom stereocenters. The van der Waals surface area contributed by atoms with Gasteiger partial charge in [0.05, 0.1) is 32.9 Å². The molecule has 0 saturated carbocycles. The summed E-state index contributed by atoms with van der Waals surface area (Å²) >= 11 is 0. The van der Waals surface area contributed by atoms with Gasteiger partial charge in [0.15, 0.2) is 11.9 Å². The zero-order valence-corrected chi connectivity index (χ0v) is 24.3. The number of anilines is 3. The van der Waals surface area contributed by atoms with Crippen molar-refractivity contribution in [3.8, 4) is 5.75 Å². The van der Waals surface area contributed by atoms with E-state index >= 15 is 0 Å². The number of rotatable bonds is 16. The molecule has 2 aromatic rings. The lowest BCUT2D eigenvalue weighted by Crippen LogP contribution is -2.34. The molecule has 2 N–H and O–H groups in total. The van der Waals surface area contributed by atoms with Crippen molar-refractivity contribution in [2.45, 2.75) is 25.9 Å². The Bertz CT molecular complexity index is 1150. The van der Waals surface area contributed by atoms with Crippen LogP contribution in [0, 0.1) is 5.92 Å². The predicted molar refractivity (Wildman–Crippen MR) is 155 cm³/mol. The molecule has 1 aromatic heterocycles. The van der Waals surface area contributed by atoms with Gasteiger partial charge < -0.3 is 34.6 Å². The molecule has 11 heteroatoms. The third-order valence-corrected chi connectivity index (χ3v) is 7.05. The molecule has 1 heterocycles. The van der Waals surface area contributed by atoms with E-state index in [1.165, 1.54) is 20.3 Å². The van der Waals surface area contributed by atoms with Crippen LogP contribution in [0.15, 0.2) is 54.0 Å². The molecular formula is C29H42F2N6O3. The van der Waals surface area contributed by atoms with Crippen LogP contribution in [0.4, 0.5) is 26.1 Å². The second-order valence-corrected chi connectivity index (χ2v) is 9.71. The summed E-state index contributed by atoms with van der Waals surface area (Å²) in [5.74, 6) is -0.417. The highest BCUT2D eigenvalue weighted by molar-refractivity contribution is 5.67. The van der Waals surface area contributed by atoms with Crippen molar-refractivity contribution >= 4 is 17.3 Å². The molecule has 0 fully saturated rings. The fourth-order valence-electron chi connectivity index (χ4n) is 4.38. The van der Waals surface area contributed by atoms with Crippen molar-refractivity contribution in [2.75, 3.05) is 78.4 Å². The van der Waals surface area contributed by atoms with E-state index < -0.39 is 17.9 Å². The molecule has 0 saturated heterocycles. The van der Waals surface area contributed by atoms with Gasteiger partial charge >= 0.3 is 0 Å². The second-order valence-electron chi connectivity index (χ2n) is 9.71. The summed E-state index contributed by atoms with van der Waals surface area (Å²) in [6, 6.07) is 5.85. The molecule has 220 valence electrons. The number of hydrogen-bond acceptors (Lipinski definition) is 9. The smallest absolute Gasteiger partial charge is 0.227 e. The van der Waals surface area contributed by atoms with Gasteiger partial charge in [-0.15, -0.1) is 0 Å². The molecule has 0 amide bonds. The number of nitrogens with one attached hydrogen (secondary N) is 2. The Hall–Kier alpha value is -3.44. The lowest BCUT2D eigenvalue weighted by Gasteiger charge is -2.26. The van der Waals surface area contributed by atoms with Gasteiger partial charge in [-0.1, -0.05) is 6.92 Å². The summed E-state index contributed by atoms with van der Waals surface area (Å²) in [5.41, 5.74) is 2.53. The number of nitrogens with zero attached hydrogens (tertiary/aromatic N) is 4.